The SMILES string of the molecule is Cc1cc(C(=O)N[C@H](Cc2cnc[nH]2)C(=O)O)c(C)nn1. The third-order valence-electron chi connectivity index (χ3n) is 2.93. The number of carbonyl (C=O) groups excluding carboxylic acids is 1. The Hall–Kier alpha value is -2.77. The highest BCUT2D eigenvalue weighted by molar-refractivity contribution is 5.97. The molecular weight excluding hydrogens is 274 g/mol. The maximum absolute atomic E-state index is 12.2. The second-order valence-corrected chi connectivity index (χ2v) is 4.63. The summed E-state index contributed by atoms with van der Waals surface area (Å²) < 4.78 is 0. The zero-order chi connectivity index (χ0) is 15.4. The first-order chi connectivity index (χ1) is 9.97. The molecule has 0 aromatic carbocycles. The Bertz CT molecular complexity index is 654. The van der Waals surface area contributed by atoms with Crippen molar-refractivity contribution in [2.75, 3.05) is 0 Å². The molecule has 2 aromatic rings. The molecule has 1 atom stereocenters. The number of carboxylic acids is 1. The number of carboxylic acid groups (broad SMARTS) is 1. The van der Waals surface area contributed by atoms with Crippen LogP contribution in [0.25, 0.3) is 0 Å². The minimum Gasteiger partial charge on any atom is -0.480 e. The summed E-state index contributed by atoms with van der Waals surface area (Å²) in [6, 6.07) is 0.526. The average Bonchev–Trinajstić information content (AvgIpc) is 2.93. The molecule has 0 radical (unpaired) electrons. The van der Waals surface area contributed by atoms with Gasteiger partial charge in [-0.1, -0.05) is 0 Å². The van der Waals surface area contributed by atoms with Gasteiger partial charge in [-0.2, -0.15) is 10.2 Å². The summed E-state index contributed by atoms with van der Waals surface area (Å²) in [5.74, 6) is -1.60. The van der Waals surface area contributed by atoms with Gasteiger partial charge in [0, 0.05) is 18.3 Å². The number of aryl methyl sites for hydroxylation is 2. The second kappa shape index (κ2) is 6.12. The van der Waals surface area contributed by atoms with Crippen molar-refractivity contribution in [3.63, 3.8) is 0 Å². The van der Waals surface area contributed by atoms with Crippen molar-refractivity contribution in [3.05, 3.63) is 41.2 Å². The lowest BCUT2D eigenvalue weighted by atomic mass is 10.1. The van der Waals surface area contributed by atoms with E-state index in [-0.39, 0.29) is 6.42 Å². The summed E-state index contributed by atoms with van der Waals surface area (Å²) in [7, 11) is 0. The molecule has 3 N–H and O–H groups in total. The Morgan fingerprint density at radius 3 is 2.76 bits per heavy atom. The number of aromatic nitrogens is 4. The number of aliphatic carboxylic acids is 1. The van der Waals surface area contributed by atoms with E-state index in [9.17, 15) is 14.7 Å². The highest BCUT2D eigenvalue weighted by Gasteiger charge is 2.23. The van der Waals surface area contributed by atoms with Crippen LogP contribution in [0.15, 0.2) is 18.6 Å². The lowest BCUT2D eigenvalue weighted by molar-refractivity contribution is -0.139. The number of aromatic amines is 1. The fourth-order valence-corrected chi connectivity index (χ4v) is 1.83. The first-order valence-corrected chi connectivity index (χ1v) is 6.29. The van der Waals surface area contributed by atoms with Gasteiger partial charge in [-0.15, -0.1) is 0 Å². The van der Waals surface area contributed by atoms with E-state index in [1.54, 1.807) is 19.9 Å². The Morgan fingerprint density at radius 2 is 2.14 bits per heavy atom. The Kier molecular flexibility index (Phi) is 4.27. The van der Waals surface area contributed by atoms with Gasteiger partial charge < -0.3 is 15.4 Å². The third kappa shape index (κ3) is 3.62. The first-order valence-electron chi connectivity index (χ1n) is 6.29. The molecule has 0 aliphatic heterocycles. The number of amides is 1. The molecule has 0 aliphatic carbocycles. The van der Waals surface area contributed by atoms with Crippen LogP contribution >= 0.6 is 0 Å². The minimum absolute atomic E-state index is 0.123. The summed E-state index contributed by atoms with van der Waals surface area (Å²) >= 11 is 0. The van der Waals surface area contributed by atoms with Crippen LogP contribution < -0.4 is 5.32 Å². The van der Waals surface area contributed by atoms with Crippen molar-refractivity contribution >= 4 is 11.9 Å². The molecule has 2 aromatic heterocycles. The van der Waals surface area contributed by atoms with E-state index in [1.807, 2.05) is 0 Å². The van der Waals surface area contributed by atoms with Crippen molar-refractivity contribution in [2.24, 2.45) is 0 Å². The molecule has 8 heteroatoms. The van der Waals surface area contributed by atoms with Crippen molar-refractivity contribution in [2.45, 2.75) is 26.3 Å². The van der Waals surface area contributed by atoms with Crippen LogP contribution in [0, 0.1) is 13.8 Å². The zero-order valence-electron chi connectivity index (χ0n) is 11.6. The van der Waals surface area contributed by atoms with Crippen LogP contribution in [0.2, 0.25) is 0 Å². The van der Waals surface area contributed by atoms with Crippen molar-refractivity contribution in [3.8, 4) is 0 Å². The molecule has 110 valence electrons. The summed E-state index contributed by atoms with van der Waals surface area (Å²) in [6.07, 6.45) is 3.10. The molecule has 8 nitrogen and oxygen atoms in total. The van der Waals surface area contributed by atoms with Crippen molar-refractivity contribution < 1.29 is 14.7 Å². The quantitative estimate of drug-likeness (QED) is 0.725. The van der Waals surface area contributed by atoms with Gasteiger partial charge in [0.05, 0.1) is 23.3 Å². The summed E-state index contributed by atoms with van der Waals surface area (Å²) in [5, 5.41) is 19.4. The van der Waals surface area contributed by atoms with Crippen molar-refractivity contribution in [1.29, 1.82) is 0 Å². The van der Waals surface area contributed by atoms with Gasteiger partial charge in [-0.3, -0.25) is 4.79 Å². The van der Waals surface area contributed by atoms with Crippen LogP contribution in [0.3, 0.4) is 0 Å². The third-order valence-corrected chi connectivity index (χ3v) is 2.93. The molecule has 0 spiro atoms. The fraction of sp³-hybridized carbons (Fsp3) is 0.308. The number of H-pyrrole nitrogens is 1. The molecule has 1 amide bonds. The summed E-state index contributed by atoms with van der Waals surface area (Å²) in [5.41, 5.74) is 1.98. The Balaban J connectivity index is 2.14. The average molecular weight is 289 g/mol. The Labute approximate surface area is 120 Å². The van der Waals surface area contributed by atoms with E-state index in [4.69, 9.17) is 0 Å². The molecule has 2 rings (SSSR count). The maximum Gasteiger partial charge on any atom is 0.326 e. The van der Waals surface area contributed by atoms with Crippen molar-refractivity contribution in [1.82, 2.24) is 25.5 Å². The van der Waals surface area contributed by atoms with E-state index in [2.05, 4.69) is 25.5 Å². The Morgan fingerprint density at radius 1 is 1.38 bits per heavy atom. The fourth-order valence-electron chi connectivity index (χ4n) is 1.83. The van der Waals surface area contributed by atoms with Crippen LogP contribution in [0.4, 0.5) is 0 Å². The van der Waals surface area contributed by atoms with Crippen LogP contribution in [-0.2, 0) is 11.2 Å². The smallest absolute Gasteiger partial charge is 0.326 e. The van der Waals surface area contributed by atoms with Gasteiger partial charge >= 0.3 is 5.97 Å². The number of nitrogens with one attached hydrogen (secondary N) is 2. The monoisotopic (exact) mass is 289 g/mol. The standard InChI is InChI=1S/C13H15N5O3/c1-7-3-10(8(2)18-17-7)12(19)16-11(13(20)21)4-9-5-14-6-15-9/h3,5-6,11H,4H2,1-2H3,(H,14,15)(H,16,19)(H,20,21)/t11-/m1/s1. The normalized spacial score (nSPS) is 11.9. The molecular formula is C13H15N5O3. The van der Waals surface area contributed by atoms with Crippen LogP contribution in [0.1, 0.15) is 27.4 Å². The van der Waals surface area contributed by atoms with E-state index in [0.717, 1.165) is 0 Å². The highest BCUT2D eigenvalue weighted by Crippen LogP contribution is 2.07. The van der Waals surface area contributed by atoms with Gasteiger partial charge in [-0.25, -0.2) is 9.78 Å². The van der Waals surface area contributed by atoms with E-state index >= 15 is 0 Å². The van der Waals surface area contributed by atoms with Gasteiger partial charge in [0.2, 0.25) is 0 Å². The van der Waals surface area contributed by atoms with Gasteiger partial charge in [0.1, 0.15) is 6.04 Å². The molecule has 0 aliphatic rings. The predicted molar refractivity (Wildman–Crippen MR) is 72.7 cm³/mol. The molecule has 0 fully saturated rings. The number of hydrogen-bond donors (Lipinski definition) is 3. The van der Waals surface area contributed by atoms with Crippen LogP contribution in [0.5, 0.6) is 0 Å². The minimum atomic E-state index is -1.12. The molecule has 0 bridgehead atoms. The lowest BCUT2D eigenvalue weighted by Crippen LogP contribution is -2.42. The maximum atomic E-state index is 12.2. The highest BCUT2D eigenvalue weighted by atomic mass is 16.4. The first kappa shape index (κ1) is 14.6. The zero-order valence-corrected chi connectivity index (χ0v) is 11.6. The number of hydrogen-bond acceptors (Lipinski definition) is 5. The number of rotatable bonds is 5. The lowest BCUT2D eigenvalue weighted by Gasteiger charge is -2.14. The number of carbonyl (C=O) groups is 2. The number of nitrogens with zero attached hydrogens (tertiary/aromatic N) is 3. The number of imidazole rings is 1. The molecule has 2 heterocycles. The molecule has 0 saturated carbocycles. The molecule has 21 heavy (non-hydrogen) atoms. The predicted octanol–water partition coefficient (Wildman–Crippen LogP) is 0.242. The molecule has 0 unspecified atom stereocenters. The van der Waals surface area contributed by atoms with E-state index in [0.29, 0.717) is 22.6 Å². The summed E-state index contributed by atoms with van der Waals surface area (Å²) in [4.78, 5) is 30.1. The van der Waals surface area contributed by atoms with Gasteiger partial charge in [0.15, 0.2) is 0 Å². The molecule has 0 saturated heterocycles. The summed E-state index contributed by atoms with van der Waals surface area (Å²) in [6.45, 7) is 3.36. The topological polar surface area (TPSA) is 121 Å². The van der Waals surface area contributed by atoms with E-state index < -0.39 is 17.9 Å². The van der Waals surface area contributed by atoms with Gasteiger partial charge in [-0.05, 0) is 19.9 Å². The largest absolute Gasteiger partial charge is 0.480 e. The van der Waals surface area contributed by atoms with Crippen LogP contribution in [-0.4, -0.2) is 43.2 Å². The van der Waals surface area contributed by atoms with E-state index in [1.165, 1.54) is 12.5 Å². The second-order valence-electron chi connectivity index (χ2n) is 4.63. The van der Waals surface area contributed by atoms with Gasteiger partial charge in [0.25, 0.3) is 5.91 Å².